The Balaban J connectivity index is 1.81. The zero-order valence-electron chi connectivity index (χ0n) is 11.7. The maximum Gasteiger partial charge on any atom is 0.339 e. The molecular weight excluding hydrogens is 363 g/mol. The number of esters is 1. The summed E-state index contributed by atoms with van der Waals surface area (Å²) in [5, 5.41) is 0. The van der Waals surface area contributed by atoms with Crippen LogP contribution in [-0.2, 0) is 4.74 Å². The standard InChI is InChI=1S/C17H19IO2/c1-3-11-5-7-15(18)14(9-11)16(19)20-17(2)10-12-4-6-13(17)8-12/h3,5,7,9,12-13H,1,4,6,8,10H2,2H3. The lowest BCUT2D eigenvalue weighted by Crippen LogP contribution is -2.37. The Morgan fingerprint density at radius 1 is 1.50 bits per heavy atom. The van der Waals surface area contributed by atoms with Crippen LogP contribution in [0.4, 0.5) is 0 Å². The lowest BCUT2D eigenvalue weighted by molar-refractivity contribution is -0.0371. The van der Waals surface area contributed by atoms with Crippen LogP contribution in [0.3, 0.4) is 0 Å². The number of hydrogen-bond donors (Lipinski definition) is 0. The number of fused-ring (bicyclic) bond motifs is 2. The summed E-state index contributed by atoms with van der Waals surface area (Å²) in [6.07, 6.45) is 6.53. The summed E-state index contributed by atoms with van der Waals surface area (Å²) >= 11 is 2.19. The fourth-order valence-corrected chi connectivity index (χ4v) is 4.33. The van der Waals surface area contributed by atoms with E-state index in [-0.39, 0.29) is 11.6 Å². The molecule has 0 radical (unpaired) electrons. The number of benzene rings is 1. The molecule has 1 aromatic rings. The van der Waals surface area contributed by atoms with E-state index in [0.29, 0.717) is 11.5 Å². The average Bonchev–Trinajstić information content (AvgIpc) is 2.99. The van der Waals surface area contributed by atoms with Gasteiger partial charge in [0, 0.05) is 3.57 Å². The van der Waals surface area contributed by atoms with Gasteiger partial charge in [0.05, 0.1) is 5.56 Å². The monoisotopic (exact) mass is 382 g/mol. The number of hydrogen-bond acceptors (Lipinski definition) is 2. The van der Waals surface area contributed by atoms with Crippen LogP contribution in [0.1, 0.15) is 48.5 Å². The summed E-state index contributed by atoms with van der Waals surface area (Å²) in [5.74, 6) is 1.13. The first-order valence-corrected chi connectivity index (χ1v) is 8.25. The Morgan fingerprint density at radius 2 is 2.30 bits per heavy atom. The van der Waals surface area contributed by atoms with Gasteiger partial charge >= 0.3 is 5.97 Å². The van der Waals surface area contributed by atoms with E-state index in [1.807, 2.05) is 18.2 Å². The molecule has 0 spiro atoms. The van der Waals surface area contributed by atoms with E-state index >= 15 is 0 Å². The van der Waals surface area contributed by atoms with Crippen LogP contribution in [0.5, 0.6) is 0 Å². The van der Waals surface area contributed by atoms with Gasteiger partial charge in [-0.15, -0.1) is 0 Å². The number of carbonyl (C=O) groups is 1. The zero-order valence-corrected chi connectivity index (χ0v) is 13.9. The summed E-state index contributed by atoms with van der Waals surface area (Å²) in [6.45, 7) is 5.86. The lowest BCUT2D eigenvalue weighted by Gasteiger charge is -2.33. The predicted molar refractivity (Wildman–Crippen MR) is 88.5 cm³/mol. The Hall–Kier alpha value is -0.840. The average molecular weight is 382 g/mol. The first kappa shape index (κ1) is 14.1. The molecule has 0 heterocycles. The van der Waals surface area contributed by atoms with E-state index in [0.717, 1.165) is 21.5 Å². The van der Waals surface area contributed by atoms with Crippen LogP contribution in [0.25, 0.3) is 6.08 Å². The highest BCUT2D eigenvalue weighted by molar-refractivity contribution is 14.1. The highest BCUT2D eigenvalue weighted by Gasteiger charge is 2.50. The highest BCUT2D eigenvalue weighted by Crippen LogP contribution is 2.52. The van der Waals surface area contributed by atoms with Gasteiger partial charge in [0.1, 0.15) is 5.60 Å². The SMILES string of the molecule is C=Cc1ccc(I)c(C(=O)OC2(C)CC3CCC2C3)c1. The van der Waals surface area contributed by atoms with Gasteiger partial charge in [-0.1, -0.05) is 18.7 Å². The Morgan fingerprint density at radius 3 is 2.90 bits per heavy atom. The fourth-order valence-electron chi connectivity index (χ4n) is 3.77. The minimum Gasteiger partial charge on any atom is -0.455 e. The highest BCUT2D eigenvalue weighted by atomic mass is 127. The molecule has 3 unspecified atom stereocenters. The molecule has 0 aliphatic heterocycles. The zero-order chi connectivity index (χ0) is 14.3. The molecule has 0 N–H and O–H groups in total. The molecule has 2 fully saturated rings. The van der Waals surface area contributed by atoms with Crippen molar-refractivity contribution < 1.29 is 9.53 Å². The number of carbonyl (C=O) groups excluding carboxylic acids is 1. The molecule has 1 aromatic carbocycles. The quantitative estimate of drug-likeness (QED) is 0.561. The van der Waals surface area contributed by atoms with E-state index in [1.165, 1.54) is 19.3 Å². The lowest BCUT2D eigenvalue weighted by atomic mass is 9.85. The van der Waals surface area contributed by atoms with Gasteiger partial charge in [-0.2, -0.15) is 0 Å². The van der Waals surface area contributed by atoms with Gasteiger partial charge in [0.2, 0.25) is 0 Å². The Bertz CT molecular complexity index is 566. The summed E-state index contributed by atoms with van der Waals surface area (Å²) in [7, 11) is 0. The maximum atomic E-state index is 12.5. The molecule has 0 aromatic heterocycles. The number of halogens is 1. The minimum atomic E-state index is -0.257. The molecule has 2 bridgehead atoms. The van der Waals surface area contributed by atoms with Crippen molar-refractivity contribution in [3.05, 3.63) is 39.5 Å². The molecule has 2 aliphatic rings. The van der Waals surface area contributed by atoms with E-state index in [2.05, 4.69) is 36.1 Å². The molecule has 2 aliphatic carbocycles. The predicted octanol–water partition coefficient (Wildman–Crippen LogP) is 4.67. The largest absolute Gasteiger partial charge is 0.455 e. The molecule has 3 atom stereocenters. The van der Waals surface area contributed by atoms with Crippen LogP contribution >= 0.6 is 22.6 Å². The van der Waals surface area contributed by atoms with Crippen molar-refractivity contribution in [1.82, 2.24) is 0 Å². The first-order chi connectivity index (χ1) is 9.51. The van der Waals surface area contributed by atoms with Crippen molar-refractivity contribution >= 4 is 34.6 Å². The molecule has 2 saturated carbocycles. The maximum absolute atomic E-state index is 12.5. The Labute approximate surface area is 133 Å². The molecular formula is C17H19IO2. The number of ether oxygens (including phenoxy) is 1. The minimum absolute atomic E-state index is 0.187. The second-order valence-electron chi connectivity index (χ2n) is 6.23. The molecule has 20 heavy (non-hydrogen) atoms. The van der Waals surface area contributed by atoms with Crippen molar-refractivity contribution in [2.24, 2.45) is 11.8 Å². The van der Waals surface area contributed by atoms with Crippen LogP contribution < -0.4 is 0 Å². The topological polar surface area (TPSA) is 26.3 Å². The van der Waals surface area contributed by atoms with Gasteiger partial charge in [-0.25, -0.2) is 4.79 Å². The second-order valence-corrected chi connectivity index (χ2v) is 7.39. The molecule has 3 heteroatoms. The van der Waals surface area contributed by atoms with Gasteiger partial charge in [-0.05, 0) is 84.7 Å². The third-order valence-corrected chi connectivity index (χ3v) is 5.81. The molecule has 106 valence electrons. The Kier molecular flexibility index (Phi) is 3.65. The van der Waals surface area contributed by atoms with Crippen LogP contribution in [0.2, 0.25) is 0 Å². The van der Waals surface area contributed by atoms with E-state index in [9.17, 15) is 4.79 Å². The second kappa shape index (κ2) is 5.17. The summed E-state index contributed by atoms with van der Waals surface area (Å²) in [6, 6.07) is 5.77. The van der Waals surface area contributed by atoms with Crippen LogP contribution in [-0.4, -0.2) is 11.6 Å². The molecule has 3 rings (SSSR count). The van der Waals surface area contributed by atoms with Gasteiger partial charge in [0.25, 0.3) is 0 Å². The summed E-state index contributed by atoms with van der Waals surface area (Å²) in [5.41, 5.74) is 1.36. The summed E-state index contributed by atoms with van der Waals surface area (Å²) in [4.78, 5) is 12.5. The molecule has 0 saturated heterocycles. The van der Waals surface area contributed by atoms with Crippen LogP contribution in [0.15, 0.2) is 24.8 Å². The smallest absolute Gasteiger partial charge is 0.339 e. The third-order valence-electron chi connectivity index (χ3n) is 4.87. The first-order valence-electron chi connectivity index (χ1n) is 7.17. The molecule has 0 amide bonds. The van der Waals surface area contributed by atoms with E-state index < -0.39 is 0 Å². The number of rotatable bonds is 3. The van der Waals surface area contributed by atoms with Crippen molar-refractivity contribution in [3.63, 3.8) is 0 Å². The van der Waals surface area contributed by atoms with Gasteiger partial charge < -0.3 is 4.74 Å². The fraction of sp³-hybridized carbons (Fsp3) is 0.471. The van der Waals surface area contributed by atoms with Crippen molar-refractivity contribution in [2.45, 2.75) is 38.2 Å². The normalized spacial score (nSPS) is 31.3. The van der Waals surface area contributed by atoms with Crippen molar-refractivity contribution in [2.75, 3.05) is 0 Å². The third kappa shape index (κ3) is 2.41. The van der Waals surface area contributed by atoms with Crippen molar-refractivity contribution in [1.29, 1.82) is 0 Å². The van der Waals surface area contributed by atoms with E-state index in [4.69, 9.17) is 4.74 Å². The van der Waals surface area contributed by atoms with Gasteiger partial charge in [-0.3, -0.25) is 0 Å². The summed E-state index contributed by atoms with van der Waals surface area (Å²) < 4.78 is 6.86. The van der Waals surface area contributed by atoms with Gasteiger partial charge in [0.15, 0.2) is 0 Å². The molecule has 2 nitrogen and oxygen atoms in total. The van der Waals surface area contributed by atoms with E-state index in [1.54, 1.807) is 6.08 Å². The van der Waals surface area contributed by atoms with Crippen molar-refractivity contribution in [3.8, 4) is 0 Å². The van der Waals surface area contributed by atoms with Crippen LogP contribution in [0, 0.1) is 15.4 Å².